The third-order valence-corrected chi connectivity index (χ3v) is 12.9. The van der Waals surface area contributed by atoms with Gasteiger partial charge in [-0.25, -0.2) is 13.4 Å². The molecule has 11 heteroatoms. The van der Waals surface area contributed by atoms with Crippen molar-refractivity contribution in [3.8, 4) is 0 Å². The van der Waals surface area contributed by atoms with Gasteiger partial charge in [-0.1, -0.05) is 36.7 Å². The lowest BCUT2D eigenvalue weighted by Crippen LogP contribution is -2.51. The van der Waals surface area contributed by atoms with Crippen LogP contribution in [0.4, 0.5) is 9.18 Å². The summed E-state index contributed by atoms with van der Waals surface area (Å²) in [5.74, 6) is -0.650. The summed E-state index contributed by atoms with van der Waals surface area (Å²) < 4.78 is 59.3. The predicted molar refractivity (Wildman–Crippen MR) is 136 cm³/mol. The highest BCUT2D eigenvalue weighted by Crippen LogP contribution is 2.47. The van der Waals surface area contributed by atoms with Crippen molar-refractivity contribution in [2.75, 3.05) is 6.61 Å². The van der Waals surface area contributed by atoms with E-state index in [0.717, 1.165) is 0 Å². The Morgan fingerprint density at radius 1 is 1.24 bits per heavy atom. The SMILES string of the molecule is CC(C)(C)OC(=O)N1C(C)(c2cc(Br)ccc2F)C(CCCO[Si](C)(C)C(C)(C)C)OS1(=O)=O. The minimum Gasteiger partial charge on any atom is -0.443 e. The second-order valence-corrected chi connectivity index (χ2v) is 18.4. The Labute approximate surface area is 212 Å². The highest BCUT2D eigenvalue weighted by atomic mass is 79.9. The van der Waals surface area contributed by atoms with Gasteiger partial charge >= 0.3 is 16.4 Å². The molecule has 1 saturated heterocycles. The van der Waals surface area contributed by atoms with E-state index in [-0.39, 0.29) is 17.0 Å². The number of ether oxygens (including phenoxy) is 1. The fraction of sp³-hybridized carbons (Fsp3) is 0.696. The Hall–Kier alpha value is -1.01. The summed E-state index contributed by atoms with van der Waals surface area (Å²) in [6.07, 6.45) is -1.44. The summed E-state index contributed by atoms with van der Waals surface area (Å²) in [5, 5.41) is 0.0294. The molecule has 0 aliphatic carbocycles. The molecule has 1 fully saturated rings. The zero-order valence-electron chi connectivity index (χ0n) is 21.5. The molecule has 0 radical (unpaired) electrons. The molecular formula is C23H37BrFNO6SSi. The Balaban J connectivity index is 2.43. The van der Waals surface area contributed by atoms with Crippen molar-refractivity contribution in [1.82, 2.24) is 4.31 Å². The third kappa shape index (κ3) is 6.21. The van der Waals surface area contributed by atoms with E-state index in [1.807, 2.05) is 0 Å². The van der Waals surface area contributed by atoms with Crippen LogP contribution < -0.4 is 0 Å². The molecule has 2 rings (SSSR count). The number of halogens is 2. The number of carbonyl (C=O) groups is 1. The highest BCUT2D eigenvalue weighted by molar-refractivity contribution is 9.10. The standard InChI is InChI=1S/C23H37BrFNO6SSi/c1-21(2,3)31-20(27)26-23(7,17-15-16(24)12-13-18(17)25)19(32-33(26,28)29)11-10-14-30-34(8,9)22(4,5)6/h12-13,15,19H,10-11,14H2,1-9H3. The van der Waals surface area contributed by atoms with Crippen molar-refractivity contribution in [1.29, 1.82) is 0 Å². The Morgan fingerprint density at radius 3 is 2.35 bits per heavy atom. The van der Waals surface area contributed by atoms with Crippen molar-refractivity contribution in [2.45, 2.75) is 96.7 Å². The molecule has 1 amide bonds. The van der Waals surface area contributed by atoms with E-state index < -0.39 is 47.8 Å². The first-order chi connectivity index (χ1) is 15.2. The molecule has 1 aromatic carbocycles. The average Bonchev–Trinajstić information content (AvgIpc) is 2.84. The molecule has 7 nitrogen and oxygen atoms in total. The van der Waals surface area contributed by atoms with E-state index >= 15 is 4.39 Å². The maximum atomic E-state index is 15.1. The summed E-state index contributed by atoms with van der Waals surface area (Å²) in [6.45, 7) is 17.5. The summed E-state index contributed by atoms with van der Waals surface area (Å²) in [6, 6.07) is 4.20. The van der Waals surface area contributed by atoms with Gasteiger partial charge in [0, 0.05) is 16.6 Å². The van der Waals surface area contributed by atoms with Gasteiger partial charge in [0.15, 0.2) is 8.32 Å². The van der Waals surface area contributed by atoms with Crippen molar-refractivity contribution < 1.29 is 30.9 Å². The van der Waals surface area contributed by atoms with Crippen molar-refractivity contribution in [2.24, 2.45) is 0 Å². The van der Waals surface area contributed by atoms with Crippen LogP contribution >= 0.6 is 15.9 Å². The number of hydrogen-bond acceptors (Lipinski definition) is 6. The summed E-state index contributed by atoms with van der Waals surface area (Å²) >= 11 is 3.32. The molecule has 34 heavy (non-hydrogen) atoms. The lowest BCUT2D eigenvalue weighted by Gasteiger charge is -2.37. The van der Waals surface area contributed by atoms with Crippen molar-refractivity contribution in [3.05, 3.63) is 34.1 Å². The fourth-order valence-corrected chi connectivity index (χ4v) is 6.55. The topological polar surface area (TPSA) is 82.1 Å². The van der Waals surface area contributed by atoms with E-state index in [0.29, 0.717) is 21.8 Å². The van der Waals surface area contributed by atoms with Gasteiger partial charge in [-0.3, -0.25) is 0 Å². The zero-order valence-corrected chi connectivity index (χ0v) is 24.9. The lowest BCUT2D eigenvalue weighted by atomic mass is 9.84. The van der Waals surface area contributed by atoms with E-state index in [2.05, 4.69) is 49.8 Å². The van der Waals surface area contributed by atoms with Gasteiger partial charge in [0.25, 0.3) is 0 Å². The normalized spacial score (nSPS) is 23.3. The maximum absolute atomic E-state index is 15.1. The number of benzene rings is 1. The first kappa shape index (κ1) is 29.2. The Bertz CT molecular complexity index is 1020. The summed E-state index contributed by atoms with van der Waals surface area (Å²) in [7, 11) is -6.53. The molecule has 2 unspecified atom stereocenters. The molecule has 1 aliphatic rings. The summed E-state index contributed by atoms with van der Waals surface area (Å²) in [5.41, 5.74) is -2.60. The van der Waals surface area contributed by atoms with E-state index in [1.54, 1.807) is 20.8 Å². The molecule has 0 spiro atoms. The predicted octanol–water partition coefficient (Wildman–Crippen LogP) is 6.49. The molecule has 0 saturated carbocycles. The average molecular weight is 583 g/mol. The van der Waals surface area contributed by atoms with Gasteiger partial charge < -0.3 is 9.16 Å². The lowest BCUT2D eigenvalue weighted by molar-refractivity contribution is 0.0171. The van der Waals surface area contributed by atoms with Crippen molar-refractivity contribution >= 4 is 40.6 Å². The van der Waals surface area contributed by atoms with Gasteiger partial charge in [-0.05, 0) is 76.9 Å². The van der Waals surface area contributed by atoms with Crippen LogP contribution in [0.3, 0.4) is 0 Å². The van der Waals surface area contributed by atoms with Gasteiger partial charge in [-0.2, -0.15) is 12.7 Å². The zero-order chi connectivity index (χ0) is 26.3. The van der Waals surface area contributed by atoms with Crippen LogP contribution in [0.25, 0.3) is 0 Å². The van der Waals surface area contributed by atoms with Crippen LogP contribution in [-0.2, 0) is 29.2 Å². The van der Waals surface area contributed by atoms with Crippen molar-refractivity contribution in [3.63, 3.8) is 0 Å². The smallest absolute Gasteiger partial charge is 0.426 e. The Morgan fingerprint density at radius 2 is 1.82 bits per heavy atom. The van der Waals surface area contributed by atoms with E-state index in [1.165, 1.54) is 25.1 Å². The van der Waals surface area contributed by atoms with Gasteiger partial charge in [0.05, 0.1) is 0 Å². The second kappa shape index (κ2) is 9.80. The molecule has 0 N–H and O–H groups in total. The van der Waals surface area contributed by atoms with E-state index in [9.17, 15) is 13.2 Å². The van der Waals surface area contributed by atoms with Gasteiger partial charge in [0.2, 0.25) is 0 Å². The first-order valence-electron chi connectivity index (χ1n) is 11.3. The molecule has 2 atom stereocenters. The van der Waals surface area contributed by atoms with E-state index in [4.69, 9.17) is 13.3 Å². The number of hydrogen-bond donors (Lipinski definition) is 0. The van der Waals surface area contributed by atoms with Crippen LogP contribution in [-0.4, -0.2) is 45.4 Å². The van der Waals surface area contributed by atoms with Crippen LogP contribution in [0, 0.1) is 5.82 Å². The molecular weight excluding hydrogens is 545 g/mol. The monoisotopic (exact) mass is 581 g/mol. The largest absolute Gasteiger partial charge is 0.443 e. The van der Waals surface area contributed by atoms with Gasteiger partial charge in [-0.15, -0.1) is 0 Å². The molecule has 1 heterocycles. The first-order valence-corrected chi connectivity index (χ1v) is 16.3. The van der Waals surface area contributed by atoms with Gasteiger partial charge in [0.1, 0.15) is 23.1 Å². The quantitative estimate of drug-likeness (QED) is 0.282. The second-order valence-electron chi connectivity index (χ2n) is 11.3. The van der Waals surface area contributed by atoms with Crippen LogP contribution in [0.5, 0.6) is 0 Å². The third-order valence-electron chi connectivity index (χ3n) is 6.42. The molecule has 1 aliphatic heterocycles. The van der Waals surface area contributed by atoms with Crippen LogP contribution in [0.15, 0.2) is 22.7 Å². The van der Waals surface area contributed by atoms with Crippen LogP contribution in [0.1, 0.15) is 66.9 Å². The van der Waals surface area contributed by atoms with Crippen LogP contribution in [0.2, 0.25) is 18.1 Å². The maximum Gasteiger partial charge on any atom is 0.426 e. The fourth-order valence-electron chi connectivity index (χ4n) is 3.54. The Kier molecular flexibility index (Phi) is 8.42. The summed E-state index contributed by atoms with van der Waals surface area (Å²) in [4.78, 5) is 13.1. The number of carbonyl (C=O) groups excluding carboxylic acids is 1. The number of rotatable bonds is 6. The minimum absolute atomic E-state index is 0.0177. The minimum atomic E-state index is -4.54. The molecule has 0 bridgehead atoms. The molecule has 0 aromatic heterocycles. The highest BCUT2D eigenvalue weighted by Gasteiger charge is 2.60. The molecule has 1 aromatic rings. The number of amides is 1. The number of nitrogens with zero attached hydrogens (tertiary/aromatic N) is 1. The molecule has 194 valence electrons.